The molecule has 0 fully saturated rings. The van der Waals surface area contributed by atoms with Crippen LogP contribution in [0.25, 0.3) is 11.1 Å². The van der Waals surface area contributed by atoms with Gasteiger partial charge in [0.15, 0.2) is 17.6 Å². The van der Waals surface area contributed by atoms with Crippen LogP contribution in [0, 0.1) is 0 Å². The quantitative estimate of drug-likeness (QED) is 0.119. The first-order valence-corrected chi connectivity index (χ1v) is 21.1. The summed E-state index contributed by atoms with van der Waals surface area (Å²) in [5, 5.41) is 14.9. The van der Waals surface area contributed by atoms with Crippen molar-refractivity contribution in [2.24, 2.45) is 0 Å². The zero-order valence-electron chi connectivity index (χ0n) is 32.8. The van der Waals surface area contributed by atoms with Crippen LogP contribution < -0.4 is 19.5 Å². The largest absolute Gasteiger partial charge is 0.489 e. The number of carbonyl (C=O) groups is 2. The summed E-state index contributed by atoms with van der Waals surface area (Å²) < 4.78 is 18.9. The van der Waals surface area contributed by atoms with Gasteiger partial charge >= 0.3 is 5.97 Å². The first-order chi connectivity index (χ1) is 29.1. The minimum Gasteiger partial charge on any atom is -0.489 e. The van der Waals surface area contributed by atoms with E-state index in [1.54, 1.807) is 12.1 Å². The molecule has 2 aliphatic heterocycles. The van der Waals surface area contributed by atoms with Gasteiger partial charge in [-0.25, -0.2) is 4.79 Å². The van der Waals surface area contributed by atoms with Crippen molar-refractivity contribution in [1.82, 2.24) is 10.2 Å². The molecule has 0 spiro atoms. The summed E-state index contributed by atoms with van der Waals surface area (Å²) in [6, 6.07) is 40.7. The SMILES string of the molecule is CCC(c1ccccc1)N1Cc2cc3c(cc2CC1C(=O)NC(Cc1ccc(-c2ccc(Cl)cc2)cc1)C(=O)O)OCC(c1ccc(OCc2ccc(Cl)c(Cl)c2)cc1)O3. The van der Waals surface area contributed by atoms with Crippen LogP contribution >= 0.6 is 34.8 Å². The van der Waals surface area contributed by atoms with Crippen molar-refractivity contribution in [3.05, 3.63) is 182 Å². The minimum absolute atomic E-state index is 0.0999. The Morgan fingerprint density at radius 2 is 1.48 bits per heavy atom. The van der Waals surface area contributed by atoms with Crippen LogP contribution in [-0.2, 0) is 35.6 Å². The molecule has 0 bridgehead atoms. The molecule has 2 aliphatic rings. The lowest BCUT2D eigenvalue weighted by Crippen LogP contribution is -2.55. The van der Waals surface area contributed by atoms with E-state index in [1.807, 2.05) is 109 Å². The number of amides is 1. The highest BCUT2D eigenvalue weighted by Gasteiger charge is 2.38. The van der Waals surface area contributed by atoms with Gasteiger partial charge in [0.05, 0.1) is 16.1 Å². The second-order valence-corrected chi connectivity index (χ2v) is 16.4. The predicted octanol–water partition coefficient (Wildman–Crippen LogP) is 11.1. The molecule has 4 unspecified atom stereocenters. The van der Waals surface area contributed by atoms with Gasteiger partial charge in [0.25, 0.3) is 0 Å². The number of halogens is 3. The van der Waals surface area contributed by atoms with Crippen LogP contribution in [0.2, 0.25) is 15.1 Å². The Labute approximate surface area is 364 Å². The van der Waals surface area contributed by atoms with Gasteiger partial charge < -0.3 is 24.6 Å². The van der Waals surface area contributed by atoms with Crippen LogP contribution in [0.15, 0.2) is 133 Å². The maximum atomic E-state index is 14.4. The van der Waals surface area contributed by atoms with E-state index in [9.17, 15) is 14.7 Å². The number of hydrogen-bond acceptors (Lipinski definition) is 6. The molecule has 11 heteroatoms. The van der Waals surface area contributed by atoms with E-state index in [0.29, 0.717) is 58.5 Å². The first kappa shape index (κ1) is 41.2. The molecule has 8 rings (SSSR count). The number of carbonyl (C=O) groups excluding carboxylic acids is 1. The number of benzene rings is 6. The Morgan fingerprint density at radius 1 is 0.800 bits per heavy atom. The van der Waals surface area contributed by atoms with E-state index < -0.39 is 18.1 Å². The van der Waals surface area contributed by atoms with Crippen LogP contribution in [0.4, 0.5) is 0 Å². The number of rotatable bonds is 13. The standard InChI is InChI=1S/C49H43Cl3N2O6/c1-2-43(34-6-4-3-5-7-34)54-27-37-26-46-45(59-29-47(60-46)35-15-19-39(20-16-35)58-28-31-10-21-40(51)41(52)22-31)25-36(37)24-44(54)48(55)53-42(49(56)57)23-30-8-11-32(12-9-30)33-13-17-38(50)18-14-33/h3-22,25-26,42-44,47H,2,23-24,27-29H2,1H3,(H,53,55)(H,56,57). The molecule has 1 amide bonds. The molecule has 0 aliphatic carbocycles. The summed E-state index contributed by atoms with van der Waals surface area (Å²) in [6.07, 6.45) is 0.907. The highest BCUT2D eigenvalue weighted by atomic mass is 35.5. The number of carboxylic acids is 1. The highest BCUT2D eigenvalue weighted by Crippen LogP contribution is 2.43. The number of aliphatic carboxylic acids is 1. The van der Waals surface area contributed by atoms with Crippen molar-refractivity contribution in [2.45, 2.75) is 63.6 Å². The summed E-state index contributed by atoms with van der Waals surface area (Å²) >= 11 is 18.3. The smallest absolute Gasteiger partial charge is 0.326 e. The molecule has 6 aromatic rings. The van der Waals surface area contributed by atoms with Gasteiger partial charge in [-0.15, -0.1) is 0 Å². The van der Waals surface area contributed by atoms with E-state index in [-0.39, 0.29) is 24.5 Å². The third kappa shape index (κ3) is 9.43. The number of carboxylic acid groups (broad SMARTS) is 1. The Morgan fingerprint density at radius 3 is 2.17 bits per heavy atom. The average molecular weight is 862 g/mol. The lowest BCUT2D eigenvalue weighted by atomic mass is 9.89. The van der Waals surface area contributed by atoms with E-state index in [1.165, 1.54) is 0 Å². The maximum absolute atomic E-state index is 14.4. The Kier molecular flexibility index (Phi) is 12.6. The fourth-order valence-electron chi connectivity index (χ4n) is 8.00. The van der Waals surface area contributed by atoms with Gasteiger partial charge in [-0.3, -0.25) is 9.69 Å². The van der Waals surface area contributed by atoms with Gasteiger partial charge in [-0.1, -0.05) is 127 Å². The van der Waals surface area contributed by atoms with Crippen molar-refractivity contribution in [3.63, 3.8) is 0 Å². The van der Waals surface area contributed by atoms with Gasteiger partial charge in [0.1, 0.15) is 25.0 Å². The molecule has 60 heavy (non-hydrogen) atoms. The number of nitrogens with one attached hydrogen (secondary N) is 1. The Bertz CT molecular complexity index is 2460. The van der Waals surface area contributed by atoms with Crippen LogP contribution in [0.3, 0.4) is 0 Å². The molecule has 4 atom stereocenters. The fraction of sp³-hybridized carbons (Fsp3) is 0.224. The Balaban J connectivity index is 0.990. The lowest BCUT2D eigenvalue weighted by Gasteiger charge is -2.42. The molecular weight excluding hydrogens is 819 g/mol. The number of nitrogens with zero attached hydrogens (tertiary/aromatic N) is 1. The van der Waals surface area contributed by atoms with E-state index >= 15 is 0 Å². The third-order valence-electron chi connectivity index (χ3n) is 11.2. The zero-order chi connectivity index (χ0) is 41.8. The van der Waals surface area contributed by atoms with E-state index in [4.69, 9.17) is 49.0 Å². The average Bonchev–Trinajstić information content (AvgIpc) is 3.26. The van der Waals surface area contributed by atoms with Crippen molar-refractivity contribution in [1.29, 1.82) is 0 Å². The van der Waals surface area contributed by atoms with Crippen molar-refractivity contribution < 1.29 is 28.9 Å². The van der Waals surface area contributed by atoms with Crippen LogP contribution in [-0.4, -0.2) is 40.6 Å². The summed E-state index contributed by atoms with van der Waals surface area (Å²) in [4.78, 5) is 29.2. The number of ether oxygens (including phenoxy) is 3. The monoisotopic (exact) mass is 860 g/mol. The molecule has 306 valence electrons. The van der Waals surface area contributed by atoms with E-state index in [2.05, 4.69) is 29.3 Å². The fourth-order valence-corrected chi connectivity index (χ4v) is 8.44. The molecule has 0 radical (unpaired) electrons. The first-order valence-electron chi connectivity index (χ1n) is 19.9. The lowest BCUT2D eigenvalue weighted by molar-refractivity contribution is -0.143. The summed E-state index contributed by atoms with van der Waals surface area (Å²) in [6.45, 7) is 3.21. The molecule has 2 heterocycles. The Hall–Kier alpha value is -5.51. The summed E-state index contributed by atoms with van der Waals surface area (Å²) in [7, 11) is 0. The minimum atomic E-state index is -1.13. The topological polar surface area (TPSA) is 97.3 Å². The maximum Gasteiger partial charge on any atom is 0.326 e. The molecule has 2 N–H and O–H groups in total. The second kappa shape index (κ2) is 18.4. The predicted molar refractivity (Wildman–Crippen MR) is 235 cm³/mol. The van der Waals surface area contributed by atoms with Crippen molar-refractivity contribution >= 4 is 46.7 Å². The second-order valence-electron chi connectivity index (χ2n) is 15.1. The number of hydrogen-bond donors (Lipinski definition) is 2. The molecule has 0 aromatic heterocycles. The molecular formula is C49H43Cl3N2O6. The highest BCUT2D eigenvalue weighted by molar-refractivity contribution is 6.42. The van der Waals surface area contributed by atoms with Crippen molar-refractivity contribution in [2.75, 3.05) is 6.61 Å². The zero-order valence-corrected chi connectivity index (χ0v) is 35.1. The molecule has 8 nitrogen and oxygen atoms in total. The molecule has 0 saturated carbocycles. The van der Waals surface area contributed by atoms with Crippen molar-refractivity contribution in [3.8, 4) is 28.4 Å². The van der Waals surface area contributed by atoms with Gasteiger partial charge in [-0.05, 0) is 106 Å². The summed E-state index contributed by atoms with van der Waals surface area (Å²) in [5.41, 5.74) is 7.71. The van der Waals surface area contributed by atoms with Crippen LogP contribution in [0.1, 0.15) is 58.9 Å². The molecule has 6 aromatic carbocycles. The summed E-state index contributed by atoms with van der Waals surface area (Å²) in [5.74, 6) is 0.521. The van der Waals surface area contributed by atoms with E-state index in [0.717, 1.165) is 50.9 Å². The van der Waals surface area contributed by atoms with Gasteiger partial charge in [-0.2, -0.15) is 0 Å². The molecule has 0 saturated heterocycles. The van der Waals surface area contributed by atoms with Gasteiger partial charge in [0.2, 0.25) is 5.91 Å². The normalized spacial score (nSPS) is 16.9. The number of fused-ring (bicyclic) bond motifs is 2. The van der Waals surface area contributed by atoms with Gasteiger partial charge in [0, 0.05) is 24.0 Å². The third-order valence-corrected chi connectivity index (χ3v) is 12.2. The van der Waals surface area contributed by atoms with Crippen LogP contribution in [0.5, 0.6) is 17.2 Å².